The number of methoxy groups -OCH3 is 2. The lowest BCUT2D eigenvalue weighted by Crippen LogP contribution is -2.36. The van der Waals surface area contributed by atoms with Gasteiger partial charge in [0.2, 0.25) is 5.91 Å². The van der Waals surface area contributed by atoms with Crippen LogP contribution in [0.2, 0.25) is 0 Å². The van der Waals surface area contributed by atoms with Gasteiger partial charge < -0.3 is 20.3 Å². The first-order chi connectivity index (χ1) is 15.9. The van der Waals surface area contributed by atoms with Crippen LogP contribution < -0.4 is 15.2 Å². The highest BCUT2D eigenvalue weighted by Crippen LogP contribution is 2.36. The quantitative estimate of drug-likeness (QED) is 0.446. The van der Waals surface area contributed by atoms with Crippen LogP contribution in [0.5, 0.6) is 11.5 Å². The smallest absolute Gasteiger partial charge is 0.335 e. The van der Waals surface area contributed by atoms with Crippen molar-refractivity contribution in [1.82, 2.24) is 9.55 Å². The van der Waals surface area contributed by atoms with Gasteiger partial charge in [0.05, 0.1) is 25.8 Å². The van der Waals surface area contributed by atoms with E-state index >= 15 is 0 Å². The van der Waals surface area contributed by atoms with Gasteiger partial charge in [0.15, 0.2) is 11.5 Å². The summed E-state index contributed by atoms with van der Waals surface area (Å²) in [5, 5.41) is 9.99. The maximum Gasteiger partial charge on any atom is 0.335 e. The Labute approximate surface area is 190 Å². The maximum atomic E-state index is 13.3. The Morgan fingerprint density at radius 3 is 2.58 bits per heavy atom. The number of nitrogens with two attached hydrogens (primary N) is 1. The lowest BCUT2D eigenvalue weighted by atomic mass is 10.0. The lowest BCUT2D eigenvalue weighted by molar-refractivity contribution is 0.0696. The molecule has 0 aliphatic heterocycles. The standard InChI is InChI=1S/C25H23N3O5/c1-32-21-9-8-16(13-22(21)33-2)19-14-28(23-18(19)7-4-10-27-23)24(29)20(26)12-15-5-3-6-17(11-15)25(30)31/h3-11,13-14,20H,12,26H2,1-2H3,(H,30,31). The van der Waals surface area contributed by atoms with E-state index in [0.717, 1.165) is 16.5 Å². The number of carboxylic acid groups (broad SMARTS) is 1. The molecule has 0 radical (unpaired) electrons. The first-order valence-electron chi connectivity index (χ1n) is 10.2. The molecule has 3 N–H and O–H groups in total. The number of carbonyl (C=O) groups is 2. The zero-order valence-corrected chi connectivity index (χ0v) is 18.2. The minimum atomic E-state index is -1.03. The van der Waals surface area contributed by atoms with Crippen molar-refractivity contribution >= 4 is 22.9 Å². The van der Waals surface area contributed by atoms with E-state index in [1.165, 1.54) is 16.7 Å². The van der Waals surface area contributed by atoms with Gasteiger partial charge in [-0.1, -0.05) is 18.2 Å². The van der Waals surface area contributed by atoms with Crippen LogP contribution in [-0.2, 0) is 6.42 Å². The number of aromatic nitrogens is 2. The van der Waals surface area contributed by atoms with Crippen molar-refractivity contribution in [3.8, 4) is 22.6 Å². The number of pyridine rings is 1. The van der Waals surface area contributed by atoms with E-state index in [1.807, 2.05) is 18.2 Å². The third-order valence-corrected chi connectivity index (χ3v) is 5.44. The fraction of sp³-hybridized carbons (Fsp3) is 0.160. The molecule has 1 unspecified atom stereocenters. The van der Waals surface area contributed by atoms with Crippen molar-refractivity contribution in [3.63, 3.8) is 0 Å². The van der Waals surface area contributed by atoms with Crippen molar-refractivity contribution < 1.29 is 24.2 Å². The number of benzene rings is 2. The first-order valence-corrected chi connectivity index (χ1v) is 10.2. The molecule has 2 aromatic heterocycles. The molecule has 1 atom stereocenters. The largest absolute Gasteiger partial charge is 0.493 e. The fourth-order valence-corrected chi connectivity index (χ4v) is 3.81. The highest BCUT2D eigenvalue weighted by atomic mass is 16.5. The normalized spacial score (nSPS) is 11.8. The van der Waals surface area contributed by atoms with Crippen molar-refractivity contribution in [2.24, 2.45) is 5.73 Å². The zero-order chi connectivity index (χ0) is 23.5. The molecule has 4 rings (SSSR count). The lowest BCUT2D eigenvalue weighted by Gasteiger charge is -2.12. The molecule has 2 aromatic carbocycles. The van der Waals surface area contributed by atoms with E-state index in [9.17, 15) is 14.7 Å². The molecule has 0 saturated carbocycles. The molecule has 0 aliphatic rings. The topological polar surface area (TPSA) is 117 Å². The summed E-state index contributed by atoms with van der Waals surface area (Å²) >= 11 is 0. The molecule has 4 aromatic rings. The summed E-state index contributed by atoms with van der Waals surface area (Å²) in [6.07, 6.45) is 3.53. The number of ether oxygens (including phenoxy) is 2. The summed E-state index contributed by atoms with van der Waals surface area (Å²) in [5.41, 5.74) is 9.18. The molecule has 8 nitrogen and oxygen atoms in total. The molecular weight excluding hydrogens is 422 g/mol. The second-order valence-electron chi connectivity index (χ2n) is 7.51. The van der Waals surface area contributed by atoms with E-state index in [0.29, 0.717) is 22.7 Å². The minimum Gasteiger partial charge on any atom is -0.493 e. The van der Waals surface area contributed by atoms with Gasteiger partial charge in [-0.2, -0.15) is 0 Å². The monoisotopic (exact) mass is 445 g/mol. The van der Waals surface area contributed by atoms with Crippen LogP contribution >= 0.6 is 0 Å². The number of carbonyl (C=O) groups excluding carboxylic acids is 1. The van der Waals surface area contributed by atoms with E-state index in [1.54, 1.807) is 50.9 Å². The number of hydrogen-bond donors (Lipinski definition) is 2. The van der Waals surface area contributed by atoms with Crippen LogP contribution in [0.4, 0.5) is 0 Å². The van der Waals surface area contributed by atoms with E-state index in [4.69, 9.17) is 15.2 Å². The van der Waals surface area contributed by atoms with Crippen LogP contribution in [-0.4, -0.2) is 46.8 Å². The maximum absolute atomic E-state index is 13.3. The van der Waals surface area contributed by atoms with Gasteiger partial charge in [-0.25, -0.2) is 9.78 Å². The Kier molecular flexibility index (Phi) is 6.10. The summed E-state index contributed by atoms with van der Waals surface area (Å²) in [6, 6.07) is 14.7. The highest BCUT2D eigenvalue weighted by molar-refractivity contribution is 6.01. The second-order valence-corrected chi connectivity index (χ2v) is 7.51. The molecule has 0 aliphatic carbocycles. The summed E-state index contributed by atoms with van der Waals surface area (Å²) in [7, 11) is 3.13. The zero-order valence-electron chi connectivity index (χ0n) is 18.2. The predicted octanol–water partition coefficient (Wildman–Crippen LogP) is 3.63. The first kappa shape index (κ1) is 22.0. The van der Waals surface area contributed by atoms with Crippen LogP contribution in [0.15, 0.2) is 67.0 Å². The number of hydrogen-bond acceptors (Lipinski definition) is 6. The third kappa shape index (κ3) is 4.28. The molecular formula is C25H23N3O5. The number of carboxylic acids is 1. The van der Waals surface area contributed by atoms with Gasteiger partial charge in [0.1, 0.15) is 5.65 Å². The van der Waals surface area contributed by atoms with Gasteiger partial charge in [0, 0.05) is 23.3 Å². The van der Waals surface area contributed by atoms with E-state index in [2.05, 4.69) is 4.98 Å². The number of nitrogens with zero attached hydrogens (tertiary/aromatic N) is 2. The SMILES string of the molecule is COc1ccc(-c2cn(C(=O)C(N)Cc3cccc(C(=O)O)c3)c3ncccc23)cc1OC. The number of rotatable bonds is 7. The van der Waals surface area contributed by atoms with Crippen molar-refractivity contribution in [3.05, 3.63) is 78.1 Å². The fourth-order valence-electron chi connectivity index (χ4n) is 3.81. The van der Waals surface area contributed by atoms with Crippen molar-refractivity contribution in [2.75, 3.05) is 14.2 Å². The van der Waals surface area contributed by atoms with Gasteiger partial charge in [-0.05, 0) is 53.9 Å². The summed E-state index contributed by atoms with van der Waals surface area (Å²) < 4.78 is 12.2. The molecule has 168 valence electrons. The Hall–Kier alpha value is -4.17. The molecule has 0 saturated heterocycles. The van der Waals surface area contributed by atoms with E-state index < -0.39 is 12.0 Å². The van der Waals surface area contributed by atoms with Crippen LogP contribution in [0, 0.1) is 0 Å². The molecule has 33 heavy (non-hydrogen) atoms. The minimum absolute atomic E-state index is 0.149. The average Bonchev–Trinajstić information content (AvgIpc) is 3.23. The summed E-state index contributed by atoms with van der Waals surface area (Å²) in [4.78, 5) is 28.9. The van der Waals surface area contributed by atoms with Gasteiger partial charge in [-0.3, -0.25) is 9.36 Å². The van der Waals surface area contributed by atoms with Crippen LogP contribution in [0.3, 0.4) is 0 Å². The molecule has 8 heteroatoms. The van der Waals surface area contributed by atoms with Gasteiger partial charge in [0.25, 0.3) is 0 Å². The Bertz CT molecular complexity index is 1350. The highest BCUT2D eigenvalue weighted by Gasteiger charge is 2.22. The van der Waals surface area contributed by atoms with Gasteiger partial charge in [-0.15, -0.1) is 0 Å². The summed E-state index contributed by atoms with van der Waals surface area (Å²) in [5.74, 6) is -0.200. The molecule has 0 fully saturated rings. The second kappa shape index (κ2) is 9.13. The molecule has 0 spiro atoms. The summed E-state index contributed by atoms with van der Waals surface area (Å²) in [6.45, 7) is 0. The molecule has 0 amide bonds. The average molecular weight is 445 g/mol. The van der Waals surface area contributed by atoms with Crippen LogP contribution in [0.25, 0.3) is 22.2 Å². The molecule has 2 heterocycles. The Morgan fingerprint density at radius 1 is 1.06 bits per heavy atom. The van der Waals surface area contributed by atoms with Crippen molar-refractivity contribution in [1.29, 1.82) is 0 Å². The van der Waals surface area contributed by atoms with Gasteiger partial charge >= 0.3 is 5.97 Å². The Balaban J connectivity index is 1.71. The predicted molar refractivity (Wildman–Crippen MR) is 124 cm³/mol. The Morgan fingerprint density at radius 2 is 1.85 bits per heavy atom. The van der Waals surface area contributed by atoms with E-state index in [-0.39, 0.29) is 17.9 Å². The number of fused-ring (bicyclic) bond motifs is 1. The van der Waals surface area contributed by atoms with Crippen LogP contribution in [0.1, 0.15) is 20.7 Å². The van der Waals surface area contributed by atoms with Crippen molar-refractivity contribution in [2.45, 2.75) is 12.5 Å². The number of aromatic carboxylic acids is 1. The molecule has 0 bridgehead atoms. The third-order valence-electron chi connectivity index (χ3n) is 5.44.